The summed E-state index contributed by atoms with van der Waals surface area (Å²) < 4.78 is 39.9. The Kier molecular flexibility index (Phi) is 4.08. The topological polar surface area (TPSA) is 40.5 Å². The summed E-state index contributed by atoms with van der Waals surface area (Å²) in [5.41, 5.74) is 0.393. The molecule has 4 rings (SSSR count). The highest BCUT2D eigenvalue weighted by atomic mass is 19.4. The van der Waals surface area contributed by atoms with Crippen LogP contribution in [-0.2, 0) is 0 Å². The third-order valence-electron chi connectivity index (χ3n) is 8.28. The van der Waals surface area contributed by atoms with Crippen molar-refractivity contribution in [2.24, 2.45) is 28.6 Å². The number of rotatable bonds is 1. The van der Waals surface area contributed by atoms with E-state index in [0.29, 0.717) is 18.8 Å². The standard InChI is InChI=1S/C20H29F3O2/c1-18-8-6-13(24)10-12(18)2-3-14-15(18)7-9-19(11-20(21,22)23)16(14)4-5-17(19)25/h2,13-17,24-25H,3-11H2,1H3/t13-,14+,15-,16-,17-,18-,19+/m0/s1. The second kappa shape index (κ2) is 5.72. The highest BCUT2D eigenvalue weighted by Gasteiger charge is 2.62. The third-order valence-corrected chi connectivity index (χ3v) is 8.28. The molecule has 0 spiro atoms. The van der Waals surface area contributed by atoms with Gasteiger partial charge in [-0.1, -0.05) is 18.6 Å². The SMILES string of the molecule is C[C@]12CC[C@H](O)CC1=CC[C@H]1[C@@H]3CC[C@H](O)[C@@]3(CC(F)(F)F)CC[C@@H]12. The number of alkyl halides is 3. The van der Waals surface area contributed by atoms with Gasteiger partial charge in [0.1, 0.15) is 0 Å². The van der Waals surface area contributed by atoms with Gasteiger partial charge in [-0.2, -0.15) is 13.2 Å². The minimum Gasteiger partial charge on any atom is -0.393 e. The van der Waals surface area contributed by atoms with E-state index in [1.807, 2.05) is 0 Å². The van der Waals surface area contributed by atoms with Crippen LogP contribution in [0.2, 0.25) is 0 Å². The number of hydrogen-bond acceptors (Lipinski definition) is 2. The van der Waals surface area contributed by atoms with Gasteiger partial charge in [0, 0.05) is 5.41 Å². The Morgan fingerprint density at radius 1 is 1.08 bits per heavy atom. The molecule has 3 saturated carbocycles. The molecule has 0 saturated heterocycles. The zero-order valence-electron chi connectivity index (χ0n) is 14.9. The van der Waals surface area contributed by atoms with Crippen LogP contribution < -0.4 is 0 Å². The van der Waals surface area contributed by atoms with Gasteiger partial charge in [-0.05, 0) is 74.5 Å². The monoisotopic (exact) mass is 358 g/mol. The first-order valence-electron chi connectivity index (χ1n) is 9.78. The van der Waals surface area contributed by atoms with E-state index in [1.165, 1.54) is 5.57 Å². The molecule has 0 aromatic rings. The minimum absolute atomic E-state index is 0.0238. The van der Waals surface area contributed by atoms with Gasteiger partial charge < -0.3 is 10.2 Å². The minimum atomic E-state index is -4.22. The van der Waals surface area contributed by atoms with E-state index in [0.717, 1.165) is 38.5 Å². The molecule has 0 amide bonds. The second-order valence-electron chi connectivity index (χ2n) is 9.31. The van der Waals surface area contributed by atoms with Gasteiger partial charge in [-0.15, -0.1) is 0 Å². The normalized spacial score (nSPS) is 49.8. The number of aliphatic hydroxyl groups is 2. The molecule has 2 N–H and O–H groups in total. The van der Waals surface area contributed by atoms with E-state index < -0.39 is 24.1 Å². The Labute approximate surface area is 147 Å². The van der Waals surface area contributed by atoms with Gasteiger partial charge in [0.15, 0.2) is 0 Å². The maximum atomic E-state index is 13.3. The molecule has 25 heavy (non-hydrogen) atoms. The summed E-state index contributed by atoms with van der Waals surface area (Å²) in [6.07, 6.45) is 1.85. The zero-order chi connectivity index (χ0) is 18.0. The first-order chi connectivity index (χ1) is 11.7. The number of aliphatic hydroxyl groups excluding tert-OH is 2. The van der Waals surface area contributed by atoms with Gasteiger partial charge in [0.05, 0.1) is 18.6 Å². The predicted octanol–water partition coefficient (Wildman–Crippen LogP) is 4.60. The molecule has 0 heterocycles. The summed E-state index contributed by atoms with van der Waals surface area (Å²) in [4.78, 5) is 0. The summed E-state index contributed by atoms with van der Waals surface area (Å²) in [7, 11) is 0. The quantitative estimate of drug-likeness (QED) is 0.673. The Morgan fingerprint density at radius 3 is 2.56 bits per heavy atom. The lowest BCUT2D eigenvalue weighted by Crippen LogP contribution is -2.53. The first kappa shape index (κ1) is 17.8. The molecule has 2 nitrogen and oxygen atoms in total. The zero-order valence-corrected chi connectivity index (χ0v) is 14.9. The molecule has 4 aliphatic carbocycles. The molecule has 0 radical (unpaired) electrons. The van der Waals surface area contributed by atoms with Crippen LogP contribution in [0.4, 0.5) is 13.2 Å². The molecule has 0 aliphatic heterocycles. The molecule has 0 aromatic heterocycles. The van der Waals surface area contributed by atoms with E-state index >= 15 is 0 Å². The molecule has 4 aliphatic rings. The molecule has 3 fully saturated rings. The van der Waals surface area contributed by atoms with E-state index in [9.17, 15) is 23.4 Å². The molecule has 7 atom stereocenters. The Balaban J connectivity index is 1.67. The predicted molar refractivity (Wildman–Crippen MR) is 88.7 cm³/mol. The Hall–Kier alpha value is -0.550. The summed E-state index contributed by atoms with van der Waals surface area (Å²) in [5.74, 6) is 0.623. The molecule has 0 unspecified atom stereocenters. The van der Waals surface area contributed by atoms with Crippen LogP contribution in [0.5, 0.6) is 0 Å². The molecule has 0 bridgehead atoms. The first-order valence-corrected chi connectivity index (χ1v) is 9.78. The van der Waals surface area contributed by atoms with E-state index in [1.54, 1.807) is 0 Å². The van der Waals surface area contributed by atoms with Crippen molar-refractivity contribution in [3.8, 4) is 0 Å². The number of fused-ring (bicyclic) bond motifs is 5. The van der Waals surface area contributed by atoms with Gasteiger partial charge in [0.2, 0.25) is 0 Å². The largest absolute Gasteiger partial charge is 0.393 e. The molecule has 5 heteroatoms. The molecule has 0 aromatic carbocycles. The third kappa shape index (κ3) is 2.68. The van der Waals surface area contributed by atoms with Crippen LogP contribution in [-0.4, -0.2) is 28.6 Å². The molecule has 142 valence electrons. The lowest BCUT2D eigenvalue weighted by Gasteiger charge is -2.58. The van der Waals surface area contributed by atoms with E-state index in [4.69, 9.17) is 0 Å². The van der Waals surface area contributed by atoms with Gasteiger partial charge in [-0.3, -0.25) is 0 Å². The average molecular weight is 358 g/mol. The van der Waals surface area contributed by atoms with E-state index in [2.05, 4.69) is 13.0 Å². The highest BCUT2D eigenvalue weighted by Crippen LogP contribution is 2.66. The van der Waals surface area contributed by atoms with Crippen molar-refractivity contribution < 1.29 is 23.4 Å². The van der Waals surface area contributed by atoms with Crippen LogP contribution >= 0.6 is 0 Å². The smallest absolute Gasteiger partial charge is 0.389 e. The maximum Gasteiger partial charge on any atom is 0.389 e. The molecular weight excluding hydrogens is 329 g/mol. The van der Waals surface area contributed by atoms with Gasteiger partial charge >= 0.3 is 6.18 Å². The Morgan fingerprint density at radius 2 is 1.84 bits per heavy atom. The van der Waals surface area contributed by atoms with Crippen LogP contribution in [0.15, 0.2) is 11.6 Å². The summed E-state index contributed by atoms with van der Waals surface area (Å²) >= 11 is 0. The number of halogens is 3. The van der Waals surface area contributed by atoms with E-state index in [-0.39, 0.29) is 23.4 Å². The fourth-order valence-corrected chi connectivity index (χ4v) is 7.14. The Bertz CT molecular complexity index is 572. The van der Waals surface area contributed by atoms with Crippen LogP contribution in [0.3, 0.4) is 0 Å². The fourth-order valence-electron chi connectivity index (χ4n) is 7.14. The van der Waals surface area contributed by atoms with Crippen molar-refractivity contribution >= 4 is 0 Å². The van der Waals surface area contributed by atoms with Gasteiger partial charge in [-0.25, -0.2) is 0 Å². The van der Waals surface area contributed by atoms with Crippen molar-refractivity contribution in [2.45, 2.75) is 83.1 Å². The van der Waals surface area contributed by atoms with Crippen molar-refractivity contribution in [1.29, 1.82) is 0 Å². The van der Waals surface area contributed by atoms with Gasteiger partial charge in [0.25, 0.3) is 0 Å². The van der Waals surface area contributed by atoms with Crippen molar-refractivity contribution in [1.82, 2.24) is 0 Å². The van der Waals surface area contributed by atoms with Crippen molar-refractivity contribution in [2.75, 3.05) is 0 Å². The summed E-state index contributed by atoms with van der Waals surface area (Å²) in [5, 5.41) is 20.5. The number of allylic oxidation sites excluding steroid dienone is 1. The highest BCUT2D eigenvalue weighted by molar-refractivity contribution is 5.25. The van der Waals surface area contributed by atoms with Crippen LogP contribution in [0, 0.1) is 28.6 Å². The molecular formula is C20H29F3O2. The van der Waals surface area contributed by atoms with Crippen LogP contribution in [0.1, 0.15) is 64.7 Å². The summed E-state index contributed by atoms with van der Waals surface area (Å²) in [6.45, 7) is 2.27. The average Bonchev–Trinajstić information content (AvgIpc) is 2.83. The lowest BCUT2D eigenvalue weighted by atomic mass is 9.47. The van der Waals surface area contributed by atoms with Crippen LogP contribution in [0.25, 0.3) is 0 Å². The lowest BCUT2D eigenvalue weighted by molar-refractivity contribution is -0.194. The van der Waals surface area contributed by atoms with Crippen molar-refractivity contribution in [3.63, 3.8) is 0 Å². The summed E-state index contributed by atoms with van der Waals surface area (Å²) in [6, 6.07) is 0. The second-order valence-corrected chi connectivity index (χ2v) is 9.31. The fraction of sp³-hybridized carbons (Fsp3) is 0.900. The van der Waals surface area contributed by atoms with Crippen molar-refractivity contribution in [3.05, 3.63) is 11.6 Å². The number of hydrogen-bond donors (Lipinski definition) is 2. The maximum absolute atomic E-state index is 13.3.